The maximum atomic E-state index is 13.7. The standard InChI is InChI=1S/C37H44N8O9/c1-5-37(51)25-15-28-32-23(16-45(28)35(49)24(25)17-54-36(37)50)21-7-6-8-22-26(9-10-27(41-32)30(21)22)42-33(47)20(4)40-34(48)31(19(2)3)43-29(46)18-53-14-13-52-12-11-39-44-38/h9-10,15,19-20,31,51H,5-8,11-14,16-18H2,1-4H3,(H,40,48)(H,42,47)(H,43,46)/t20-,31?,37-/m0/s1. The number of carbonyl (C=O) groups is 4. The largest absolute Gasteiger partial charge is 0.458 e. The van der Waals surface area contributed by atoms with Crippen molar-refractivity contribution in [1.82, 2.24) is 20.2 Å². The minimum Gasteiger partial charge on any atom is -0.458 e. The molecule has 4 N–H and O–H groups in total. The van der Waals surface area contributed by atoms with Gasteiger partial charge in [0.1, 0.15) is 25.3 Å². The first-order chi connectivity index (χ1) is 25.9. The second kappa shape index (κ2) is 15.9. The molecule has 0 saturated heterocycles. The molecular formula is C37H44N8O9. The lowest BCUT2D eigenvalue weighted by molar-refractivity contribution is -0.172. The molecule has 0 saturated carbocycles. The molecule has 0 bridgehead atoms. The van der Waals surface area contributed by atoms with Crippen molar-refractivity contribution in [3.8, 4) is 11.4 Å². The van der Waals surface area contributed by atoms with Gasteiger partial charge in [0.25, 0.3) is 5.56 Å². The van der Waals surface area contributed by atoms with Crippen LogP contribution in [0.4, 0.5) is 5.69 Å². The summed E-state index contributed by atoms with van der Waals surface area (Å²) in [6, 6.07) is 3.43. The third-order valence-corrected chi connectivity index (χ3v) is 10.2. The number of hydrogen-bond donors (Lipinski definition) is 4. The maximum Gasteiger partial charge on any atom is 0.343 e. The Morgan fingerprint density at radius 1 is 1.06 bits per heavy atom. The number of fused-ring (bicyclic) bond motifs is 5. The van der Waals surface area contributed by atoms with E-state index in [1.165, 1.54) is 0 Å². The van der Waals surface area contributed by atoms with Crippen molar-refractivity contribution in [2.45, 2.75) is 84.2 Å². The van der Waals surface area contributed by atoms with Crippen LogP contribution in [-0.4, -0.2) is 83.4 Å². The second-order valence-electron chi connectivity index (χ2n) is 14.0. The Balaban J connectivity index is 1.15. The highest BCUT2D eigenvalue weighted by atomic mass is 16.6. The van der Waals surface area contributed by atoms with Gasteiger partial charge < -0.3 is 39.8 Å². The highest BCUT2D eigenvalue weighted by Gasteiger charge is 2.45. The maximum absolute atomic E-state index is 13.7. The second-order valence-corrected chi connectivity index (χ2v) is 14.0. The molecule has 4 heterocycles. The van der Waals surface area contributed by atoms with E-state index in [1.807, 2.05) is 6.07 Å². The number of esters is 1. The molecule has 2 aromatic heterocycles. The van der Waals surface area contributed by atoms with E-state index in [4.69, 9.17) is 24.7 Å². The zero-order valence-corrected chi connectivity index (χ0v) is 30.7. The number of pyridine rings is 2. The van der Waals surface area contributed by atoms with E-state index in [1.54, 1.807) is 44.4 Å². The Hall–Kier alpha value is -5.35. The van der Waals surface area contributed by atoms with Crippen molar-refractivity contribution < 1.29 is 38.5 Å². The molecule has 3 aliphatic rings. The molecule has 3 aromatic rings. The van der Waals surface area contributed by atoms with Gasteiger partial charge in [0.2, 0.25) is 17.7 Å². The molecular weight excluding hydrogens is 700 g/mol. The molecule has 0 radical (unpaired) electrons. The average molecular weight is 745 g/mol. The SMILES string of the molecule is CC[C@@]1(O)C(=O)OCc2c1cc1n(c2=O)Cc2c-1nc1ccc(NC(=O)[C@H](C)NC(=O)C(NC(=O)COCCOCCN=[N+]=[N-])C(C)C)c3c1c2CCC3. The molecule has 2 aliphatic heterocycles. The Bertz CT molecular complexity index is 2130. The normalized spacial score (nSPS) is 17.8. The zero-order valence-electron chi connectivity index (χ0n) is 30.7. The first-order valence-electron chi connectivity index (χ1n) is 18.1. The summed E-state index contributed by atoms with van der Waals surface area (Å²) in [6.45, 7) is 7.33. The number of hydrogen-bond acceptors (Lipinski definition) is 11. The molecule has 0 spiro atoms. The minimum absolute atomic E-state index is 0.0521. The number of amides is 3. The van der Waals surface area contributed by atoms with E-state index in [2.05, 4.69) is 26.0 Å². The van der Waals surface area contributed by atoms with Gasteiger partial charge in [-0.25, -0.2) is 9.78 Å². The lowest BCUT2D eigenvalue weighted by atomic mass is 9.85. The minimum atomic E-state index is -1.92. The molecule has 17 nitrogen and oxygen atoms in total. The van der Waals surface area contributed by atoms with E-state index in [0.717, 1.165) is 34.9 Å². The van der Waals surface area contributed by atoms with E-state index in [0.29, 0.717) is 29.0 Å². The van der Waals surface area contributed by atoms with Crippen molar-refractivity contribution in [2.75, 3.05) is 38.3 Å². The summed E-state index contributed by atoms with van der Waals surface area (Å²) in [4.78, 5) is 73.2. The van der Waals surface area contributed by atoms with E-state index in [9.17, 15) is 29.1 Å². The van der Waals surface area contributed by atoms with Crippen LogP contribution in [0, 0.1) is 5.92 Å². The Morgan fingerprint density at radius 3 is 2.56 bits per heavy atom. The van der Waals surface area contributed by atoms with Crippen LogP contribution in [0.5, 0.6) is 0 Å². The fraction of sp³-hybridized carbons (Fsp3) is 0.514. The van der Waals surface area contributed by atoms with Crippen LogP contribution in [-0.2, 0) is 65.0 Å². The summed E-state index contributed by atoms with van der Waals surface area (Å²) >= 11 is 0. The van der Waals surface area contributed by atoms with Gasteiger partial charge in [-0.15, -0.1) is 0 Å². The van der Waals surface area contributed by atoms with Crippen LogP contribution in [0.25, 0.3) is 32.7 Å². The molecule has 1 aliphatic carbocycles. The number of carbonyl (C=O) groups excluding carboxylic acids is 4. The summed E-state index contributed by atoms with van der Waals surface area (Å²) < 4.78 is 17.4. The van der Waals surface area contributed by atoms with Crippen LogP contribution in [0.1, 0.15) is 68.4 Å². The van der Waals surface area contributed by atoms with Crippen LogP contribution >= 0.6 is 0 Å². The molecule has 0 fully saturated rings. The first kappa shape index (κ1) is 38.4. The first-order valence-corrected chi connectivity index (χ1v) is 18.1. The fourth-order valence-corrected chi connectivity index (χ4v) is 7.33. The number of nitrogens with one attached hydrogen (secondary N) is 3. The molecule has 3 amide bonds. The zero-order chi connectivity index (χ0) is 38.7. The van der Waals surface area contributed by atoms with Gasteiger partial charge in [-0.3, -0.25) is 19.2 Å². The average Bonchev–Trinajstić information content (AvgIpc) is 3.53. The molecule has 54 heavy (non-hydrogen) atoms. The van der Waals surface area contributed by atoms with Gasteiger partial charge in [0, 0.05) is 33.7 Å². The predicted molar refractivity (Wildman–Crippen MR) is 195 cm³/mol. The van der Waals surface area contributed by atoms with E-state index >= 15 is 0 Å². The highest BCUT2D eigenvalue weighted by molar-refractivity contribution is 6.02. The van der Waals surface area contributed by atoms with Gasteiger partial charge in [0.15, 0.2) is 5.60 Å². The van der Waals surface area contributed by atoms with E-state index < -0.39 is 41.4 Å². The molecule has 6 rings (SSSR count). The van der Waals surface area contributed by atoms with Crippen molar-refractivity contribution in [3.05, 3.63) is 66.8 Å². The van der Waals surface area contributed by atoms with E-state index in [-0.39, 0.29) is 75.1 Å². The third kappa shape index (κ3) is 7.27. The Labute approximate surface area is 310 Å². The van der Waals surface area contributed by atoms with Crippen LogP contribution in [0.15, 0.2) is 28.1 Å². The van der Waals surface area contributed by atoms with Gasteiger partial charge in [0.05, 0.1) is 48.8 Å². The number of azide groups is 1. The van der Waals surface area contributed by atoms with Crippen LogP contribution in [0.2, 0.25) is 0 Å². The Kier molecular flexibility index (Phi) is 11.3. The Morgan fingerprint density at radius 2 is 1.81 bits per heavy atom. The van der Waals surface area contributed by atoms with Crippen LogP contribution in [0.3, 0.4) is 0 Å². The summed E-state index contributed by atoms with van der Waals surface area (Å²) in [5.74, 6) is -2.52. The summed E-state index contributed by atoms with van der Waals surface area (Å²) in [6.07, 6.45) is 2.26. The quantitative estimate of drug-likeness (QED) is 0.0456. The van der Waals surface area contributed by atoms with Gasteiger partial charge in [-0.05, 0) is 73.4 Å². The smallest absolute Gasteiger partial charge is 0.343 e. The lowest BCUT2D eigenvalue weighted by Crippen LogP contribution is -2.54. The third-order valence-electron chi connectivity index (χ3n) is 10.2. The number of cyclic esters (lactones) is 1. The summed E-state index contributed by atoms with van der Waals surface area (Å²) in [5.41, 5.74) is 11.8. The predicted octanol–water partition coefficient (Wildman–Crippen LogP) is 2.50. The number of rotatable bonds is 15. The number of anilines is 1. The highest BCUT2D eigenvalue weighted by Crippen LogP contribution is 2.43. The molecule has 1 aromatic carbocycles. The molecule has 1 unspecified atom stereocenters. The van der Waals surface area contributed by atoms with Crippen molar-refractivity contribution in [2.24, 2.45) is 11.0 Å². The number of aryl methyl sites for hydroxylation is 2. The molecule has 3 atom stereocenters. The number of aromatic nitrogens is 2. The number of benzene rings is 1. The lowest BCUT2D eigenvalue weighted by Gasteiger charge is -2.31. The summed E-state index contributed by atoms with van der Waals surface area (Å²) in [5, 5.41) is 23.9. The number of ether oxygens (including phenoxy) is 3. The number of aliphatic hydroxyl groups is 1. The molecule has 286 valence electrons. The van der Waals surface area contributed by atoms with Crippen molar-refractivity contribution in [3.63, 3.8) is 0 Å². The van der Waals surface area contributed by atoms with Crippen LogP contribution < -0.4 is 21.5 Å². The van der Waals surface area contributed by atoms with Crippen molar-refractivity contribution >= 4 is 40.3 Å². The molecule has 17 heteroatoms. The summed E-state index contributed by atoms with van der Waals surface area (Å²) in [7, 11) is 0. The fourth-order valence-electron chi connectivity index (χ4n) is 7.33. The van der Waals surface area contributed by atoms with Crippen molar-refractivity contribution in [1.29, 1.82) is 0 Å². The number of nitrogens with zero attached hydrogens (tertiary/aromatic N) is 5. The van der Waals surface area contributed by atoms with Gasteiger partial charge in [-0.1, -0.05) is 25.9 Å². The topological polar surface area (TPSA) is 236 Å². The monoisotopic (exact) mass is 744 g/mol. The van der Waals surface area contributed by atoms with Gasteiger partial charge >= 0.3 is 5.97 Å². The van der Waals surface area contributed by atoms with Gasteiger partial charge in [-0.2, -0.15) is 0 Å².